The Hall–Kier alpha value is -2.17. The second-order valence-corrected chi connectivity index (χ2v) is 12.9. The maximum absolute atomic E-state index is 13.9. The summed E-state index contributed by atoms with van der Waals surface area (Å²) in [6.07, 6.45) is 6.65. The molecule has 3 aliphatic rings. The summed E-state index contributed by atoms with van der Waals surface area (Å²) in [4.78, 5) is 29.5. The molecule has 9 nitrogen and oxygen atoms in total. The number of ether oxygens (including phenoxy) is 1. The number of nitrogens with zero attached hydrogens (tertiary/aromatic N) is 2. The molecule has 3 N–H and O–H groups in total. The number of sulfonamides is 1. The lowest BCUT2D eigenvalue weighted by molar-refractivity contribution is -0.142. The molecule has 0 unspecified atom stereocenters. The highest BCUT2D eigenvalue weighted by Gasteiger charge is 2.49. The van der Waals surface area contributed by atoms with Crippen LogP contribution in [-0.4, -0.2) is 68.7 Å². The van der Waals surface area contributed by atoms with E-state index >= 15 is 0 Å². The number of nitrogens with one attached hydrogen (secondary N) is 1. The van der Waals surface area contributed by atoms with E-state index in [2.05, 4.69) is 23.5 Å². The Balaban J connectivity index is 1.53. The lowest BCUT2D eigenvalue weighted by Crippen LogP contribution is -2.58. The van der Waals surface area contributed by atoms with E-state index < -0.39 is 21.5 Å². The molecule has 2 heterocycles. The number of likely N-dealkylation sites (tertiary alicyclic amines) is 1. The fourth-order valence-corrected chi connectivity index (χ4v) is 6.94. The SMILES string of the molecule is CC(C)C1CCC(N2CCC3(CC2)C(=O)N(CCNS(C)(=O)=O)Cc2cc(OC(N)=O)ccc23)CC1. The fourth-order valence-electron chi connectivity index (χ4n) is 6.48. The van der Waals surface area contributed by atoms with Gasteiger partial charge in [-0.3, -0.25) is 4.79 Å². The first kappa shape index (κ1) is 26.9. The zero-order valence-corrected chi connectivity index (χ0v) is 22.5. The summed E-state index contributed by atoms with van der Waals surface area (Å²) in [5.41, 5.74) is 6.45. The predicted molar refractivity (Wildman–Crippen MR) is 138 cm³/mol. The fraction of sp³-hybridized carbons (Fsp3) is 0.692. The lowest BCUT2D eigenvalue weighted by atomic mass is 9.67. The number of benzene rings is 1. The van der Waals surface area contributed by atoms with E-state index in [1.807, 2.05) is 6.07 Å². The van der Waals surface area contributed by atoms with Crippen molar-refractivity contribution in [2.75, 3.05) is 32.4 Å². The predicted octanol–water partition coefficient (Wildman–Crippen LogP) is 2.58. The molecule has 2 amide bonds. The van der Waals surface area contributed by atoms with Crippen molar-refractivity contribution in [2.45, 2.75) is 70.4 Å². The van der Waals surface area contributed by atoms with Crippen LogP contribution >= 0.6 is 0 Å². The van der Waals surface area contributed by atoms with Crippen LogP contribution in [0.2, 0.25) is 0 Å². The van der Waals surface area contributed by atoms with Gasteiger partial charge in [-0.1, -0.05) is 19.9 Å². The highest BCUT2D eigenvalue weighted by Crippen LogP contribution is 2.45. The average Bonchev–Trinajstić information content (AvgIpc) is 2.81. The highest BCUT2D eigenvalue weighted by atomic mass is 32.2. The molecule has 10 heteroatoms. The Bertz CT molecular complexity index is 1070. The van der Waals surface area contributed by atoms with Crippen molar-refractivity contribution < 1.29 is 22.7 Å². The molecular formula is C26H40N4O5S. The number of nitrogens with two attached hydrogens (primary N) is 1. The van der Waals surface area contributed by atoms with E-state index in [1.54, 1.807) is 17.0 Å². The van der Waals surface area contributed by atoms with E-state index in [1.165, 1.54) is 25.7 Å². The Labute approximate surface area is 214 Å². The molecule has 1 aliphatic carbocycles. The van der Waals surface area contributed by atoms with Gasteiger partial charge in [0.15, 0.2) is 0 Å². The molecule has 36 heavy (non-hydrogen) atoms. The van der Waals surface area contributed by atoms with Gasteiger partial charge in [0, 0.05) is 25.7 Å². The number of carbonyl (C=O) groups is 2. The van der Waals surface area contributed by atoms with Crippen molar-refractivity contribution in [3.05, 3.63) is 29.3 Å². The van der Waals surface area contributed by atoms with Gasteiger partial charge >= 0.3 is 6.09 Å². The van der Waals surface area contributed by atoms with Crippen molar-refractivity contribution in [1.29, 1.82) is 0 Å². The second-order valence-electron chi connectivity index (χ2n) is 11.1. The third-order valence-corrected chi connectivity index (χ3v) is 9.20. The molecule has 200 valence electrons. The molecule has 1 aromatic carbocycles. The molecule has 1 spiro atoms. The van der Waals surface area contributed by atoms with Crippen LogP contribution in [0.3, 0.4) is 0 Å². The van der Waals surface area contributed by atoms with Gasteiger partial charge in [-0.05, 0) is 86.7 Å². The van der Waals surface area contributed by atoms with Gasteiger partial charge in [-0.2, -0.15) is 0 Å². The quantitative estimate of drug-likeness (QED) is 0.570. The van der Waals surface area contributed by atoms with Gasteiger partial charge < -0.3 is 20.3 Å². The summed E-state index contributed by atoms with van der Waals surface area (Å²) in [5.74, 6) is 1.95. The Morgan fingerprint density at radius 3 is 2.44 bits per heavy atom. The van der Waals surface area contributed by atoms with E-state index in [9.17, 15) is 18.0 Å². The van der Waals surface area contributed by atoms with E-state index in [0.29, 0.717) is 18.3 Å². The summed E-state index contributed by atoms with van der Waals surface area (Å²) in [6.45, 7) is 7.11. The monoisotopic (exact) mass is 520 g/mol. The van der Waals surface area contributed by atoms with Crippen molar-refractivity contribution in [3.8, 4) is 5.75 Å². The largest absolute Gasteiger partial charge is 0.410 e. The molecule has 0 radical (unpaired) electrons. The van der Waals surface area contributed by atoms with Crippen LogP contribution in [0, 0.1) is 11.8 Å². The highest BCUT2D eigenvalue weighted by molar-refractivity contribution is 7.88. The molecule has 0 bridgehead atoms. The molecular weight excluding hydrogens is 480 g/mol. The minimum atomic E-state index is -3.35. The van der Waals surface area contributed by atoms with Gasteiger partial charge in [0.1, 0.15) is 5.75 Å². The molecule has 1 aromatic rings. The number of amides is 2. The number of rotatable bonds is 7. The van der Waals surface area contributed by atoms with Gasteiger partial charge in [-0.25, -0.2) is 17.9 Å². The summed E-state index contributed by atoms with van der Waals surface area (Å²) < 4.78 is 30.7. The molecule has 1 saturated heterocycles. The van der Waals surface area contributed by atoms with Crippen LogP contribution in [0.1, 0.15) is 63.5 Å². The van der Waals surface area contributed by atoms with Crippen molar-refractivity contribution in [2.24, 2.45) is 17.6 Å². The summed E-state index contributed by atoms with van der Waals surface area (Å²) in [7, 11) is -3.35. The maximum atomic E-state index is 13.9. The van der Waals surface area contributed by atoms with E-state index in [-0.39, 0.29) is 19.0 Å². The van der Waals surface area contributed by atoms with Crippen LogP contribution < -0.4 is 15.2 Å². The number of carbonyl (C=O) groups excluding carboxylic acids is 2. The Kier molecular flexibility index (Phi) is 7.97. The minimum Gasteiger partial charge on any atom is -0.410 e. The minimum absolute atomic E-state index is 0.0528. The number of primary amides is 1. The van der Waals surface area contributed by atoms with E-state index in [0.717, 1.165) is 55.1 Å². The second kappa shape index (κ2) is 10.7. The number of hydrogen-bond acceptors (Lipinski definition) is 6. The first-order valence-corrected chi connectivity index (χ1v) is 15.0. The maximum Gasteiger partial charge on any atom is 0.409 e. The number of fused-ring (bicyclic) bond motifs is 2. The van der Waals surface area contributed by atoms with Crippen LogP contribution in [0.4, 0.5) is 4.79 Å². The van der Waals surface area contributed by atoms with E-state index in [4.69, 9.17) is 10.5 Å². The zero-order chi connectivity index (χ0) is 26.1. The topological polar surface area (TPSA) is 122 Å². The number of piperidine rings is 1. The first-order valence-electron chi connectivity index (χ1n) is 13.1. The molecule has 2 fully saturated rings. The van der Waals surface area contributed by atoms with Crippen LogP contribution in [0.15, 0.2) is 18.2 Å². The van der Waals surface area contributed by atoms with Gasteiger partial charge in [0.2, 0.25) is 15.9 Å². The smallest absolute Gasteiger partial charge is 0.409 e. The molecule has 2 aliphatic heterocycles. The Morgan fingerprint density at radius 2 is 1.86 bits per heavy atom. The van der Waals surface area contributed by atoms with Crippen LogP contribution in [0.5, 0.6) is 5.75 Å². The molecule has 0 aromatic heterocycles. The van der Waals surface area contributed by atoms with Gasteiger partial charge in [0.25, 0.3) is 0 Å². The van der Waals surface area contributed by atoms with Crippen molar-refractivity contribution >= 4 is 22.0 Å². The molecule has 1 saturated carbocycles. The van der Waals surface area contributed by atoms with Crippen molar-refractivity contribution in [3.63, 3.8) is 0 Å². The average molecular weight is 521 g/mol. The summed E-state index contributed by atoms with van der Waals surface area (Å²) >= 11 is 0. The standard InChI is InChI=1S/C26H40N4O5S/c1-18(2)19-4-6-21(7-5-19)29-13-10-26(11-14-29)23-9-8-22(35-25(27)32)16-20(23)17-30(24(26)31)15-12-28-36(3,33)34/h8-9,16,18-19,21,28H,4-7,10-15,17H2,1-3H3,(H2,27,32). The lowest BCUT2D eigenvalue weighted by Gasteiger charge is -2.49. The van der Waals surface area contributed by atoms with Crippen molar-refractivity contribution in [1.82, 2.24) is 14.5 Å². The van der Waals surface area contributed by atoms with Crippen LogP contribution in [-0.2, 0) is 26.8 Å². The Morgan fingerprint density at radius 1 is 1.19 bits per heavy atom. The third kappa shape index (κ3) is 5.86. The van der Waals surface area contributed by atoms with Gasteiger partial charge in [0.05, 0.1) is 11.7 Å². The van der Waals surface area contributed by atoms with Crippen LogP contribution in [0.25, 0.3) is 0 Å². The molecule has 4 rings (SSSR count). The number of hydrogen-bond donors (Lipinski definition) is 2. The summed E-state index contributed by atoms with van der Waals surface area (Å²) in [5, 5.41) is 0. The molecule has 0 atom stereocenters. The first-order chi connectivity index (χ1) is 17.0. The normalized spacial score (nSPS) is 24.7. The van der Waals surface area contributed by atoms with Gasteiger partial charge in [-0.15, -0.1) is 0 Å². The third-order valence-electron chi connectivity index (χ3n) is 8.47. The summed E-state index contributed by atoms with van der Waals surface area (Å²) in [6, 6.07) is 5.97. The zero-order valence-electron chi connectivity index (χ0n) is 21.7.